The van der Waals surface area contributed by atoms with E-state index in [1.165, 1.54) is 0 Å². The summed E-state index contributed by atoms with van der Waals surface area (Å²) < 4.78 is 0. The number of carboxylic acids is 2. The Balaban J connectivity index is 0. The van der Waals surface area contributed by atoms with Gasteiger partial charge in [-0.1, -0.05) is 18.2 Å². The molecule has 132 valence electrons. The second kappa shape index (κ2) is 9.14. The minimum atomic E-state index is -1.54. The van der Waals surface area contributed by atoms with Crippen LogP contribution in [0.3, 0.4) is 0 Å². The van der Waals surface area contributed by atoms with Gasteiger partial charge >= 0.3 is 11.9 Å². The molecule has 1 aromatic rings. The number of benzene rings is 1. The van der Waals surface area contributed by atoms with E-state index in [-0.39, 0.29) is 56.7 Å². The summed E-state index contributed by atoms with van der Waals surface area (Å²) in [5.74, 6) is -2.26. The fourth-order valence-corrected chi connectivity index (χ4v) is 2.47. The normalized spacial score (nSPS) is 23.1. The molecule has 0 spiro atoms. The van der Waals surface area contributed by atoms with Crippen LogP contribution in [0.4, 0.5) is 5.69 Å². The highest BCUT2D eigenvalue weighted by Crippen LogP contribution is 2.28. The molecule has 7 nitrogen and oxygen atoms in total. The Bertz CT molecular complexity index is 561. The zero-order chi connectivity index (χ0) is 14.9. The van der Waals surface area contributed by atoms with Gasteiger partial charge in [0.05, 0.1) is 0 Å². The van der Waals surface area contributed by atoms with E-state index in [0.717, 1.165) is 5.56 Å². The number of hydrogen-bond acceptors (Lipinski definition) is 5. The molecule has 0 aromatic heterocycles. The van der Waals surface area contributed by atoms with E-state index in [1.54, 1.807) is 29.2 Å². The third-order valence-electron chi connectivity index (χ3n) is 3.62. The average molecular weight is 389 g/mol. The molecule has 0 radical (unpaired) electrons. The van der Waals surface area contributed by atoms with Gasteiger partial charge in [-0.3, -0.25) is 14.5 Å². The lowest BCUT2D eigenvalue weighted by molar-refractivity contribution is -0.142. The van der Waals surface area contributed by atoms with E-state index in [1.807, 2.05) is 0 Å². The second-order valence-corrected chi connectivity index (χ2v) is 5.12. The first kappa shape index (κ1) is 24.0. The highest BCUT2D eigenvalue weighted by molar-refractivity contribution is 5.86. The van der Waals surface area contributed by atoms with Crippen LogP contribution in [0.2, 0.25) is 0 Å². The summed E-state index contributed by atoms with van der Waals surface area (Å²) in [6, 6.07) is 6.15. The minimum absolute atomic E-state index is 0. The predicted molar refractivity (Wildman–Crippen MR) is 93.6 cm³/mol. The van der Waals surface area contributed by atoms with E-state index in [9.17, 15) is 14.7 Å². The van der Waals surface area contributed by atoms with Crippen LogP contribution in [0.15, 0.2) is 24.3 Å². The molecule has 1 aliphatic rings. The maximum absolute atomic E-state index is 11.3. The van der Waals surface area contributed by atoms with Crippen molar-refractivity contribution in [3.63, 3.8) is 0 Å². The van der Waals surface area contributed by atoms with Crippen molar-refractivity contribution in [1.82, 2.24) is 4.90 Å². The van der Waals surface area contributed by atoms with Gasteiger partial charge in [-0.05, 0) is 11.6 Å². The monoisotopic (exact) mass is 387 g/mol. The molecular weight excluding hydrogens is 369 g/mol. The van der Waals surface area contributed by atoms with Crippen LogP contribution < -0.4 is 11.5 Å². The molecule has 2 atom stereocenters. The van der Waals surface area contributed by atoms with Crippen molar-refractivity contribution in [1.29, 1.82) is 0 Å². The number of nitrogens with zero attached hydrogens (tertiary/aromatic N) is 1. The van der Waals surface area contributed by atoms with Crippen LogP contribution in [-0.4, -0.2) is 45.2 Å². The Hall–Kier alpha value is -1.25. The Morgan fingerprint density at radius 1 is 1.22 bits per heavy atom. The molecule has 0 saturated carbocycles. The quantitative estimate of drug-likeness (QED) is 0.565. The smallest absolute Gasteiger partial charge is 0.325 e. The molecule has 0 amide bonds. The Morgan fingerprint density at radius 2 is 1.78 bits per heavy atom. The Morgan fingerprint density at radius 3 is 2.26 bits per heavy atom. The van der Waals surface area contributed by atoms with Crippen LogP contribution in [0.1, 0.15) is 12.0 Å². The van der Waals surface area contributed by atoms with Gasteiger partial charge in [0, 0.05) is 25.2 Å². The molecule has 1 aromatic carbocycles. The number of rotatable bonds is 4. The van der Waals surface area contributed by atoms with Gasteiger partial charge in [-0.15, -0.1) is 37.2 Å². The number of hydrogen-bond donors (Lipinski definition) is 4. The van der Waals surface area contributed by atoms with Crippen molar-refractivity contribution in [2.75, 3.05) is 12.3 Å². The molecule has 0 unspecified atom stereocenters. The molecule has 23 heavy (non-hydrogen) atoms. The van der Waals surface area contributed by atoms with Gasteiger partial charge in [-0.2, -0.15) is 0 Å². The van der Waals surface area contributed by atoms with Crippen molar-refractivity contribution < 1.29 is 19.8 Å². The number of aliphatic carboxylic acids is 2. The number of nitrogens with two attached hydrogens (primary N) is 2. The van der Waals surface area contributed by atoms with Crippen molar-refractivity contribution in [3.05, 3.63) is 29.8 Å². The lowest BCUT2D eigenvalue weighted by atomic mass is 9.98. The number of carbonyl (C=O) groups is 2. The van der Waals surface area contributed by atoms with Gasteiger partial charge in [-0.25, -0.2) is 0 Å². The number of halogens is 3. The fourth-order valence-electron chi connectivity index (χ4n) is 2.47. The maximum atomic E-state index is 11.3. The van der Waals surface area contributed by atoms with Crippen molar-refractivity contribution in [3.8, 4) is 0 Å². The van der Waals surface area contributed by atoms with Crippen LogP contribution in [0.5, 0.6) is 0 Å². The van der Waals surface area contributed by atoms with Gasteiger partial charge < -0.3 is 21.7 Å². The Kier molecular flexibility index (Phi) is 9.55. The van der Waals surface area contributed by atoms with Crippen LogP contribution >= 0.6 is 37.2 Å². The third kappa shape index (κ3) is 5.12. The van der Waals surface area contributed by atoms with Crippen molar-refractivity contribution >= 4 is 54.8 Å². The van der Waals surface area contributed by atoms with E-state index in [2.05, 4.69) is 0 Å². The summed E-state index contributed by atoms with van der Waals surface area (Å²) in [5, 5.41) is 18.4. The zero-order valence-corrected chi connectivity index (χ0v) is 14.5. The third-order valence-corrected chi connectivity index (χ3v) is 3.62. The SMILES string of the molecule is Cl.Cl.Cl.Nc1ccccc1CN1C[C@@](N)(C(=O)O)C[C@@H]1C(=O)O. The molecule has 6 N–H and O–H groups in total. The van der Waals surface area contributed by atoms with E-state index in [0.29, 0.717) is 5.69 Å². The average Bonchev–Trinajstić information content (AvgIpc) is 2.71. The number of likely N-dealkylation sites (tertiary alicyclic amines) is 1. The summed E-state index contributed by atoms with van der Waals surface area (Å²) in [4.78, 5) is 24.0. The first-order chi connectivity index (χ1) is 9.33. The predicted octanol–water partition coefficient (Wildman–Crippen LogP) is 0.975. The largest absolute Gasteiger partial charge is 0.480 e. The molecule has 2 rings (SSSR count). The minimum Gasteiger partial charge on any atom is -0.480 e. The van der Waals surface area contributed by atoms with Gasteiger partial charge in [0.1, 0.15) is 11.6 Å². The molecule has 1 aliphatic heterocycles. The topological polar surface area (TPSA) is 130 Å². The van der Waals surface area contributed by atoms with Crippen molar-refractivity contribution in [2.24, 2.45) is 5.73 Å². The van der Waals surface area contributed by atoms with Crippen molar-refractivity contribution in [2.45, 2.75) is 24.5 Å². The van der Waals surface area contributed by atoms with Crippen LogP contribution in [0.25, 0.3) is 0 Å². The van der Waals surface area contributed by atoms with Gasteiger partial charge in [0.2, 0.25) is 0 Å². The summed E-state index contributed by atoms with van der Waals surface area (Å²) in [6.07, 6.45) is -0.121. The van der Waals surface area contributed by atoms with E-state index >= 15 is 0 Å². The summed E-state index contributed by atoms with van der Waals surface area (Å²) in [5.41, 5.74) is 11.4. The first-order valence-corrected chi connectivity index (χ1v) is 6.16. The maximum Gasteiger partial charge on any atom is 0.325 e. The molecule has 1 heterocycles. The molecule has 1 saturated heterocycles. The first-order valence-electron chi connectivity index (χ1n) is 6.16. The lowest BCUT2D eigenvalue weighted by Gasteiger charge is -2.22. The molecule has 0 aliphatic carbocycles. The highest BCUT2D eigenvalue weighted by atomic mass is 35.5. The van der Waals surface area contributed by atoms with Crippen LogP contribution in [-0.2, 0) is 16.1 Å². The van der Waals surface area contributed by atoms with Crippen LogP contribution in [0, 0.1) is 0 Å². The number of para-hydroxylation sites is 1. The number of carboxylic acid groups (broad SMARTS) is 2. The number of anilines is 1. The van der Waals surface area contributed by atoms with E-state index < -0.39 is 23.5 Å². The Labute approximate surface area is 152 Å². The zero-order valence-electron chi connectivity index (χ0n) is 12.0. The highest BCUT2D eigenvalue weighted by Gasteiger charge is 2.49. The molecular formula is C13H20Cl3N3O4. The molecule has 10 heteroatoms. The summed E-state index contributed by atoms with van der Waals surface area (Å²) >= 11 is 0. The number of nitrogen functional groups attached to an aromatic ring is 1. The molecule has 0 bridgehead atoms. The van der Waals surface area contributed by atoms with E-state index in [4.69, 9.17) is 16.6 Å². The molecule has 1 fully saturated rings. The fraction of sp³-hybridized carbons (Fsp3) is 0.385. The summed E-state index contributed by atoms with van der Waals surface area (Å²) in [6.45, 7) is 0.240. The standard InChI is InChI=1S/C13H17N3O4.3ClH/c14-9-4-2-1-3-8(9)6-16-7-13(15,12(19)20)5-10(16)11(17)18;;;/h1-4,10H,5-7,14-15H2,(H,17,18)(H,19,20);3*1H/t10-,13-;;;/m1.../s1. The van der Waals surface area contributed by atoms with Gasteiger partial charge in [0.25, 0.3) is 0 Å². The summed E-state index contributed by atoms with van der Waals surface area (Å²) in [7, 11) is 0. The van der Waals surface area contributed by atoms with Gasteiger partial charge in [0.15, 0.2) is 0 Å². The lowest BCUT2D eigenvalue weighted by Crippen LogP contribution is -2.50. The second-order valence-electron chi connectivity index (χ2n) is 5.12.